The van der Waals surface area contributed by atoms with Crippen LogP contribution in [0.4, 0.5) is 0 Å². The lowest BCUT2D eigenvalue weighted by Gasteiger charge is -2.31. The van der Waals surface area contributed by atoms with E-state index in [1.165, 1.54) is 62.5 Å². The van der Waals surface area contributed by atoms with E-state index in [0.29, 0.717) is 0 Å². The van der Waals surface area contributed by atoms with Crippen molar-refractivity contribution in [3.8, 4) is 0 Å². The molecule has 28 heavy (non-hydrogen) atoms. The van der Waals surface area contributed by atoms with E-state index in [2.05, 4.69) is 79.6 Å². The average Bonchev–Trinajstić information content (AvgIpc) is 2.73. The lowest BCUT2D eigenvalue weighted by Crippen LogP contribution is -2.37. The zero-order chi connectivity index (χ0) is 19.9. The van der Waals surface area contributed by atoms with Crippen LogP contribution in [0.5, 0.6) is 0 Å². The fraction of sp³-hybridized carbons (Fsp3) is 0.538. The van der Waals surface area contributed by atoms with E-state index >= 15 is 0 Å². The largest absolute Gasteiger partial charge is 0.298 e. The van der Waals surface area contributed by atoms with Crippen LogP contribution in [0.3, 0.4) is 0 Å². The van der Waals surface area contributed by atoms with Crippen molar-refractivity contribution >= 4 is 6.08 Å². The lowest BCUT2D eigenvalue weighted by molar-refractivity contribution is -0.170. The Bertz CT molecular complexity index is 602. The maximum absolute atomic E-state index is 6.24. The van der Waals surface area contributed by atoms with Crippen molar-refractivity contribution in [2.45, 2.75) is 77.7 Å². The molecule has 1 atom stereocenters. The van der Waals surface area contributed by atoms with E-state index in [9.17, 15) is 0 Å². The van der Waals surface area contributed by atoms with Crippen molar-refractivity contribution < 1.29 is 4.84 Å². The van der Waals surface area contributed by atoms with Crippen LogP contribution in [0.25, 0.3) is 6.08 Å². The number of benzene rings is 1. The zero-order valence-electron chi connectivity index (χ0n) is 18.0. The molecule has 0 saturated heterocycles. The molecule has 2 nitrogen and oxygen atoms in total. The third-order valence-electron chi connectivity index (χ3n) is 5.21. The molecule has 1 unspecified atom stereocenters. The summed E-state index contributed by atoms with van der Waals surface area (Å²) in [6.45, 7) is 6.29. The topological polar surface area (TPSA) is 12.5 Å². The monoisotopic (exact) mass is 381 g/mol. The molecule has 0 heterocycles. The van der Waals surface area contributed by atoms with Crippen molar-refractivity contribution in [2.75, 3.05) is 13.2 Å². The summed E-state index contributed by atoms with van der Waals surface area (Å²) in [7, 11) is 0. The van der Waals surface area contributed by atoms with Gasteiger partial charge in [-0.25, -0.2) is 0 Å². The molecule has 0 bridgehead atoms. The highest BCUT2D eigenvalue weighted by Crippen LogP contribution is 2.22. The molecular weight excluding hydrogens is 342 g/mol. The second-order valence-corrected chi connectivity index (χ2v) is 7.69. The van der Waals surface area contributed by atoms with E-state index in [1.807, 2.05) is 0 Å². The summed E-state index contributed by atoms with van der Waals surface area (Å²) in [5, 5.41) is 2.22. The van der Waals surface area contributed by atoms with E-state index in [0.717, 1.165) is 19.6 Å². The van der Waals surface area contributed by atoms with Gasteiger partial charge in [0.1, 0.15) is 0 Å². The normalized spacial score (nSPS) is 17.7. The summed E-state index contributed by atoms with van der Waals surface area (Å²) in [6.07, 6.45) is 22.6. The number of nitrogens with zero attached hydrogens (tertiary/aromatic N) is 1. The Hall–Kier alpha value is -1.64. The van der Waals surface area contributed by atoms with Gasteiger partial charge in [-0.15, -0.1) is 0 Å². The smallest absolute Gasteiger partial charge is 0.0786 e. The molecule has 1 aliphatic rings. The Balaban J connectivity index is 1.96. The maximum atomic E-state index is 6.24. The van der Waals surface area contributed by atoms with Crippen LogP contribution in [-0.2, 0) is 4.84 Å². The van der Waals surface area contributed by atoms with Gasteiger partial charge in [-0.05, 0) is 30.1 Å². The van der Waals surface area contributed by atoms with Crippen LogP contribution in [0.2, 0.25) is 0 Å². The molecule has 0 aromatic heterocycles. The number of rotatable bonds is 14. The molecule has 154 valence electrons. The maximum Gasteiger partial charge on any atom is 0.0786 e. The van der Waals surface area contributed by atoms with Crippen LogP contribution < -0.4 is 0 Å². The molecule has 2 rings (SSSR count). The van der Waals surface area contributed by atoms with Crippen molar-refractivity contribution in [1.82, 2.24) is 5.06 Å². The molecular formula is C26H39NO. The predicted octanol–water partition coefficient (Wildman–Crippen LogP) is 7.35. The van der Waals surface area contributed by atoms with Gasteiger partial charge < -0.3 is 0 Å². The molecule has 0 radical (unpaired) electrons. The Morgan fingerprint density at radius 2 is 1.57 bits per heavy atom. The molecule has 2 heteroatoms. The first kappa shape index (κ1) is 22.6. The van der Waals surface area contributed by atoms with Crippen LogP contribution in [0, 0.1) is 0 Å². The number of hydroxylamine groups is 2. The summed E-state index contributed by atoms with van der Waals surface area (Å²) < 4.78 is 0. The summed E-state index contributed by atoms with van der Waals surface area (Å²) >= 11 is 0. The summed E-state index contributed by atoms with van der Waals surface area (Å²) in [4.78, 5) is 6.24. The van der Waals surface area contributed by atoms with Gasteiger partial charge >= 0.3 is 0 Å². The highest BCUT2D eigenvalue weighted by molar-refractivity contribution is 5.59. The lowest BCUT2D eigenvalue weighted by atomic mass is 9.98. The predicted molar refractivity (Wildman–Crippen MR) is 122 cm³/mol. The third-order valence-corrected chi connectivity index (χ3v) is 5.21. The van der Waals surface area contributed by atoms with E-state index in [4.69, 9.17) is 4.84 Å². The van der Waals surface area contributed by atoms with E-state index in [-0.39, 0.29) is 6.04 Å². The van der Waals surface area contributed by atoms with Crippen molar-refractivity contribution in [3.63, 3.8) is 0 Å². The minimum Gasteiger partial charge on any atom is -0.298 e. The van der Waals surface area contributed by atoms with Crippen LogP contribution in [-0.4, -0.2) is 24.3 Å². The molecule has 0 amide bonds. The first-order valence-corrected chi connectivity index (χ1v) is 11.4. The average molecular weight is 382 g/mol. The van der Waals surface area contributed by atoms with E-state index in [1.54, 1.807) is 0 Å². The highest BCUT2D eigenvalue weighted by Gasteiger charge is 2.21. The molecule has 1 aromatic carbocycles. The van der Waals surface area contributed by atoms with Gasteiger partial charge in [-0.2, -0.15) is 5.06 Å². The fourth-order valence-corrected chi connectivity index (χ4v) is 3.52. The second kappa shape index (κ2) is 14.4. The van der Waals surface area contributed by atoms with Gasteiger partial charge in [0, 0.05) is 6.54 Å². The first-order chi connectivity index (χ1) is 13.8. The molecule has 0 fully saturated rings. The molecule has 1 aliphatic carbocycles. The SMILES string of the molecule is CCCCCCCCCN(OCCCC)C1C=CC=CC1=Cc1ccccc1. The van der Waals surface area contributed by atoms with Crippen LogP contribution >= 0.6 is 0 Å². The molecule has 1 aromatic rings. The molecule has 0 aliphatic heterocycles. The molecule has 0 spiro atoms. The number of hydrogen-bond donors (Lipinski definition) is 0. The van der Waals surface area contributed by atoms with Crippen molar-refractivity contribution in [3.05, 3.63) is 65.8 Å². The first-order valence-electron chi connectivity index (χ1n) is 11.4. The van der Waals surface area contributed by atoms with Gasteiger partial charge in [-0.3, -0.25) is 4.84 Å². The zero-order valence-corrected chi connectivity index (χ0v) is 18.0. The van der Waals surface area contributed by atoms with Gasteiger partial charge in [0.15, 0.2) is 0 Å². The second-order valence-electron chi connectivity index (χ2n) is 7.69. The number of unbranched alkanes of at least 4 members (excludes halogenated alkanes) is 7. The summed E-state index contributed by atoms with van der Waals surface area (Å²) in [6, 6.07) is 10.8. The van der Waals surface area contributed by atoms with Gasteiger partial charge in [0.2, 0.25) is 0 Å². The summed E-state index contributed by atoms with van der Waals surface area (Å²) in [5.41, 5.74) is 2.54. The van der Waals surface area contributed by atoms with E-state index < -0.39 is 0 Å². The highest BCUT2D eigenvalue weighted by atomic mass is 16.7. The number of allylic oxidation sites excluding steroid dienone is 2. The Kier molecular flexibility index (Phi) is 11.6. The van der Waals surface area contributed by atoms with Gasteiger partial charge in [0.05, 0.1) is 12.6 Å². The fourth-order valence-electron chi connectivity index (χ4n) is 3.52. The van der Waals surface area contributed by atoms with Crippen molar-refractivity contribution in [1.29, 1.82) is 0 Å². The Morgan fingerprint density at radius 3 is 2.32 bits per heavy atom. The Labute approximate surface area is 172 Å². The molecule has 0 N–H and O–H groups in total. The minimum atomic E-state index is 0.196. The third kappa shape index (κ3) is 8.58. The Morgan fingerprint density at radius 1 is 0.857 bits per heavy atom. The standard InChI is InChI=1S/C26H39NO/c1-3-5-7-8-9-10-16-21-27(28-22-6-4-2)26-20-15-14-19-25(26)23-24-17-12-11-13-18-24/h11-15,17-20,23,26H,3-10,16,21-22H2,1-2H3. The summed E-state index contributed by atoms with van der Waals surface area (Å²) in [5.74, 6) is 0. The number of hydrogen-bond acceptors (Lipinski definition) is 2. The van der Waals surface area contributed by atoms with Crippen LogP contribution in [0.15, 0.2) is 60.2 Å². The van der Waals surface area contributed by atoms with Gasteiger partial charge in [0.25, 0.3) is 0 Å². The molecule has 0 saturated carbocycles. The minimum absolute atomic E-state index is 0.196. The van der Waals surface area contributed by atoms with Crippen molar-refractivity contribution in [2.24, 2.45) is 0 Å². The van der Waals surface area contributed by atoms with Crippen LogP contribution in [0.1, 0.15) is 77.2 Å². The quantitative estimate of drug-likeness (QED) is 0.247. The van der Waals surface area contributed by atoms with Gasteiger partial charge in [-0.1, -0.05) is 113 Å².